The Morgan fingerprint density at radius 2 is 1.86 bits per heavy atom. The van der Waals surface area contributed by atoms with E-state index in [4.69, 9.17) is 5.73 Å². The normalized spacial score (nSPS) is 22.5. The van der Waals surface area contributed by atoms with Crippen molar-refractivity contribution in [1.29, 1.82) is 0 Å². The lowest BCUT2D eigenvalue weighted by Crippen LogP contribution is -2.50. The molecule has 2 unspecified atom stereocenters. The Balaban J connectivity index is 2.49. The first-order chi connectivity index (χ1) is 6.57. The molecule has 0 amide bonds. The average molecular weight is 198 g/mol. The number of likely N-dealkylation sites (N-methyl/N-ethyl adjacent to an activating group) is 1. The van der Waals surface area contributed by atoms with E-state index in [-0.39, 0.29) is 0 Å². The first kappa shape index (κ1) is 12.0. The highest BCUT2D eigenvalue weighted by Gasteiger charge is 2.31. The van der Waals surface area contributed by atoms with Gasteiger partial charge in [-0.05, 0) is 38.6 Å². The predicted molar refractivity (Wildman–Crippen MR) is 62.2 cm³/mol. The highest BCUT2D eigenvalue weighted by Crippen LogP contribution is 2.32. The van der Waals surface area contributed by atoms with Crippen molar-refractivity contribution in [2.45, 2.75) is 52.1 Å². The Morgan fingerprint density at radius 1 is 1.29 bits per heavy atom. The van der Waals surface area contributed by atoms with Crippen LogP contribution in [0.25, 0.3) is 0 Å². The third-order valence-electron chi connectivity index (χ3n) is 4.07. The molecule has 0 aromatic rings. The van der Waals surface area contributed by atoms with Gasteiger partial charge in [-0.15, -0.1) is 0 Å². The van der Waals surface area contributed by atoms with Gasteiger partial charge >= 0.3 is 0 Å². The van der Waals surface area contributed by atoms with Crippen molar-refractivity contribution in [3.8, 4) is 0 Å². The van der Waals surface area contributed by atoms with E-state index in [0.29, 0.717) is 18.0 Å². The topological polar surface area (TPSA) is 29.3 Å². The van der Waals surface area contributed by atoms with Crippen LogP contribution in [0.4, 0.5) is 0 Å². The van der Waals surface area contributed by atoms with Crippen LogP contribution in [0, 0.1) is 11.8 Å². The zero-order chi connectivity index (χ0) is 10.7. The average Bonchev–Trinajstić information content (AvgIpc) is 2.08. The third kappa shape index (κ3) is 2.48. The van der Waals surface area contributed by atoms with Gasteiger partial charge in [0.25, 0.3) is 0 Å². The molecule has 2 atom stereocenters. The number of hydrogen-bond donors (Lipinski definition) is 1. The molecule has 2 nitrogen and oxygen atoms in total. The molecule has 14 heavy (non-hydrogen) atoms. The van der Waals surface area contributed by atoms with E-state index in [2.05, 4.69) is 32.7 Å². The van der Waals surface area contributed by atoms with E-state index < -0.39 is 0 Å². The molecule has 0 bridgehead atoms. The summed E-state index contributed by atoms with van der Waals surface area (Å²) < 4.78 is 0. The minimum Gasteiger partial charge on any atom is -0.329 e. The van der Waals surface area contributed by atoms with Crippen LogP contribution < -0.4 is 5.73 Å². The molecule has 0 heterocycles. The van der Waals surface area contributed by atoms with Gasteiger partial charge in [0.05, 0.1) is 0 Å². The van der Waals surface area contributed by atoms with E-state index in [0.717, 1.165) is 12.5 Å². The molecule has 1 fully saturated rings. The van der Waals surface area contributed by atoms with Gasteiger partial charge in [0.2, 0.25) is 0 Å². The van der Waals surface area contributed by atoms with Crippen molar-refractivity contribution in [3.05, 3.63) is 0 Å². The maximum Gasteiger partial charge on any atom is 0.0246 e. The van der Waals surface area contributed by atoms with Gasteiger partial charge in [-0.25, -0.2) is 0 Å². The van der Waals surface area contributed by atoms with Crippen LogP contribution >= 0.6 is 0 Å². The fourth-order valence-corrected chi connectivity index (χ4v) is 2.29. The van der Waals surface area contributed by atoms with Gasteiger partial charge in [-0.2, -0.15) is 0 Å². The number of nitrogens with zero attached hydrogens (tertiary/aromatic N) is 1. The summed E-state index contributed by atoms with van der Waals surface area (Å²) in [7, 11) is 2.24. The molecule has 1 rings (SSSR count). The van der Waals surface area contributed by atoms with Crippen molar-refractivity contribution >= 4 is 0 Å². The molecule has 0 aromatic heterocycles. The summed E-state index contributed by atoms with van der Waals surface area (Å²) in [6.45, 7) is 7.70. The highest BCUT2D eigenvalue weighted by atomic mass is 15.2. The molecule has 1 saturated carbocycles. The van der Waals surface area contributed by atoms with Crippen LogP contribution in [-0.2, 0) is 0 Å². The Labute approximate surface area is 88.8 Å². The first-order valence-corrected chi connectivity index (χ1v) is 6.00. The first-order valence-electron chi connectivity index (χ1n) is 6.00. The number of nitrogens with two attached hydrogens (primary N) is 1. The lowest BCUT2D eigenvalue weighted by molar-refractivity contribution is 0.0754. The summed E-state index contributed by atoms with van der Waals surface area (Å²) in [4.78, 5) is 2.49. The minimum atomic E-state index is 0.612. The molecular formula is C12H26N2. The maximum absolute atomic E-state index is 5.88. The van der Waals surface area contributed by atoms with Crippen molar-refractivity contribution in [2.24, 2.45) is 17.6 Å². The van der Waals surface area contributed by atoms with Gasteiger partial charge < -0.3 is 5.73 Å². The van der Waals surface area contributed by atoms with Crippen LogP contribution in [0.15, 0.2) is 0 Å². The molecule has 2 N–H and O–H groups in total. The van der Waals surface area contributed by atoms with E-state index >= 15 is 0 Å². The molecule has 1 aliphatic carbocycles. The number of rotatable bonds is 5. The summed E-state index contributed by atoms with van der Waals surface area (Å²) in [5.74, 6) is 1.58. The second-order valence-corrected chi connectivity index (χ2v) is 5.14. The fourth-order valence-electron chi connectivity index (χ4n) is 2.29. The number of hydrogen-bond acceptors (Lipinski definition) is 2. The summed E-state index contributed by atoms with van der Waals surface area (Å²) in [6, 6.07) is 1.25. The molecule has 1 aliphatic rings. The molecule has 0 spiro atoms. The Bertz CT molecular complexity index is 164. The molecule has 0 saturated heterocycles. The predicted octanol–water partition coefficient (Wildman–Crippen LogP) is 2.09. The van der Waals surface area contributed by atoms with E-state index in [1.54, 1.807) is 0 Å². The highest BCUT2D eigenvalue weighted by molar-refractivity contribution is 4.86. The van der Waals surface area contributed by atoms with Gasteiger partial charge in [0.15, 0.2) is 0 Å². The largest absolute Gasteiger partial charge is 0.329 e. The van der Waals surface area contributed by atoms with E-state index in [9.17, 15) is 0 Å². The lowest BCUT2D eigenvalue weighted by Gasteiger charge is -2.42. The maximum atomic E-state index is 5.88. The van der Waals surface area contributed by atoms with Crippen molar-refractivity contribution in [2.75, 3.05) is 13.6 Å². The van der Waals surface area contributed by atoms with Gasteiger partial charge in [-0.1, -0.05) is 20.3 Å². The molecular weight excluding hydrogens is 172 g/mol. The smallest absolute Gasteiger partial charge is 0.0246 e. The fraction of sp³-hybridized carbons (Fsp3) is 1.00. The quantitative estimate of drug-likeness (QED) is 0.733. The second-order valence-electron chi connectivity index (χ2n) is 5.14. The molecule has 2 heteroatoms. The molecule has 0 radical (unpaired) electrons. The minimum absolute atomic E-state index is 0.612. The Hall–Kier alpha value is -0.0800. The van der Waals surface area contributed by atoms with Crippen LogP contribution in [-0.4, -0.2) is 30.6 Å². The second kappa shape index (κ2) is 5.13. The van der Waals surface area contributed by atoms with Crippen LogP contribution in [0.3, 0.4) is 0 Å². The monoisotopic (exact) mass is 198 g/mol. The molecule has 0 aliphatic heterocycles. The van der Waals surface area contributed by atoms with Crippen LogP contribution in [0.5, 0.6) is 0 Å². The van der Waals surface area contributed by atoms with Crippen molar-refractivity contribution in [1.82, 2.24) is 4.90 Å². The zero-order valence-corrected chi connectivity index (χ0v) is 10.2. The standard InChI is InChI=1S/C12H26N2/c1-9(2)10(3)14(4)12(8-13)11-6-5-7-11/h9-12H,5-8,13H2,1-4H3. The van der Waals surface area contributed by atoms with E-state index in [1.165, 1.54) is 19.3 Å². The summed E-state index contributed by atoms with van der Waals surface area (Å²) in [5.41, 5.74) is 5.88. The lowest BCUT2D eigenvalue weighted by atomic mass is 9.78. The van der Waals surface area contributed by atoms with Gasteiger partial charge in [-0.3, -0.25) is 4.90 Å². The third-order valence-corrected chi connectivity index (χ3v) is 4.07. The Kier molecular flexibility index (Phi) is 4.39. The summed E-state index contributed by atoms with van der Waals surface area (Å²) >= 11 is 0. The van der Waals surface area contributed by atoms with Gasteiger partial charge in [0.1, 0.15) is 0 Å². The molecule has 84 valence electrons. The summed E-state index contributed by atoms with van der Waals surface area (Å²) in [5, 5.41) is 0. The van der Waals surface area contributed by atoms with E-state index in [1.807, 2.05) is 0 Å². The Morgan fingerprint density at radius 3 is 2.14 bits per heavy atom. The van der Waals surface area contributed by atoms with Crippen molar-refractivity contribution < 1.29 is 0 Å². The molecule has 0 aromatic carbocycles. The van der Waals surface area contributed by atoms with Gasteiger partial charge in [0, 0.05) is 18.6 Å². The van der Waals surface area contributed by atoms with Crippen LogP contribution in [0.2, 0.25) is 0 Å². The SMILES string of the molecule is CC(C)C(C)N(C)C(CN)C1CCC1. The van der Waals surface area contributed by atoms with Crippen LogP contribution in [0.1, 0.15) is 40.0 Å². The summed E-state index contributed by atoms with van der Waals surface area (Å²) in [6.07, 6.45) is 4.18. The van der Waals surface area contributed by atoms with Crippen molar-refractivity contribution in [3.63, 3.8) is 0 Å². The zero-order valence-electron chi connectivity index (χ0n) is 10.2.